The van der Waals surface area contributed by atoms with Gasteiger partial charge < -0.3 is 15.7 Å². The van der Waals surface area contributed by atoms with E-state index in [1.165, 1.54) is 18.3 Å². The number of nitrogens with zero attached hydrogens (tertiary/aromatic N) is 3. The lowest BCUT2D eigenvalue weighted by Crippen LogP contribution is -2.11. The number of aromatic nitrogens is 2. The molecule has 0 fully saturated rings. The molecule has 0 saturated carbocycles. The van der Waals surface area contributed by atoms with E-state index in [2.05, 4.69) is 9.97 Å². The fraction of sp³-hybridized carbons (Fsp3) is 0.105. The minimum absolute atomic E-state index is 0.0230. The number of anilines is 2. The van der Waals surface area contributed by atoms with Gasteiger partial charge in [0.1, 0.15) is 11.6 Å². The molecule has 3 aromatic rings. The van der Waals surface area contributed by atoms with Gasteiger partial charge in [-0.05, 0) is 35.9 Å². The summed E-state index contributed by atoms with van der Waals surface area (Å²) >= 11 is 0. The predicted octanol–water partition coefficient (Wildman–Crippen LogP) is 3.12. The van der Waals surface area contributed by atoms with Gasteiger partial charge in [0.2, 0.25) is 5.95 Å². The van der Waals surface area contributed by atoms with Gasteiger partial charge in [0, 0.05) is 37.1 Å². The van der Waals surface area contributed by atoms with E-state index in [-0.39, 0.29) is 22.8 Å². The summed E-state index contributed by atoms with van der Waals surface area (Å²) in [4.78, 5) is 20.8. The SMILES string of the molecule is CN(C)c1ccc(C=O)c(F)c1-c1ccc(O)c(-c2ccnc(N)n2)c1. The molecule has 3 N–H and O–H groups in total. The first-order valence-electron chi connectivity index (χ1n) is 7.79. The Morgan fingerprint density at radius 2 is 1.96 bits per heavy atom. The third kappa shape index (κ3) is 3.06. The summed E-state index contributed by atoms with van der Waals surface area (Å²) in [7, 11) is 3.57. The minimum Gasteiger partial charge on any atom is -0.507 e. The smallest absolute Gasteiger partial charge is 0.220 e. The quantitative estimate of drug-likeness (QED) is 0.701. The van der Waals surface area contributed by atoms with Crippen LogP contribution in [-0.4, -0.2) is 35.5 Å². The highest BCUT2D eigenvalue weighted by Gasteiger charge is 2.18. The van der Waals surface area contributed by atoms with E-state index in [1.807, 2.05) is 0 Å². The van der Waals surface area contributed by atoms with Crippen LogP contribution in [0.25, 0.3) is 22.4 Å². The van der Waals surface area contributed by atoms with E-state index >= 15 is 0 Å². The van der Waals surface area contributed by atoms with Crippen molar-refractivity contribution in [1.29, 1.82) is 0 Å². The lowest BCUT2D eigenvalue weighted by Gasteiger charge is -2.19. The Labute approximate surface area is 149 Å². The van der Waals surface area contributed by atoms with Crippen molar-refractivity contribution in [1.82, 2.24) is 9.97 Å². The summed E-state index contributed by atoms with van der Waals surface area (Å²) in [5, 5.41) is 10.2. The van der Waals surface area contributed by atoms with Crippen LogP contribution in [-0.2, 0) is 0 Å². The second kappa shape index (κ2) is 6.79. The Kier molecular flexibility index (Phi) is 4.53. The number of hydrogen-bond acceptors (Lipinski definition) is 6. The van der Waals surface area contributed by atoms with Gasteiger partial charge in [-0.15, -0.1) is 0 Å². The molecule has 26 heavy (non-hydrogen) atoms. The van der Waals surface area contributed by atoms with Crippen LogP contribution in [0.2, 0.25) is 0 Å². The molecule has 0 amide bonds. The molecule has 3 rings (SSSR count). The van der Waals surface area contributed by atoms with Crippen molar-refractivity contribution in [3.05, 3.63) is 54.0 Å². The Morgan fingerprint density at radius 3 is 2.62 bits per heavy atom. The number of carbonyl (C=O) groups excluding carboxylic acids is 1. The van der Waals surface area contributed by atoms with Crippen molar-refractivity contribution < 1.29 is 14.3 Å². The van der Waals surface area contributed by atoms with Crippen molar-refractivity contribution in [2.75, 3.05) is 24.7 Å². The molecule has 0 saturated heterocycles. The van der Waals surface area contributed by atoms with Gasteiger partial charge in [-0.3, -0.25) is 4.79 Å². The predicted molar refractivity (Wildman–Crippen MR) is 98.7 cm³/mol. The minimum atomic E-state index is -0.620. The van der Waals surface area contributed by atoms with Crippen molar-refractivity contribution >= 4 is 17.9 Å². The zero-order valence-electron chi connectivity index (χ0n) is 14.3. The maximum absolute atomic E-state index is 14.9. The topological polar surface area (TPSA) is 92.3 Å². The van der Waals surface area contributed by atoms with Gasteiger partial charge in [0.05, 0.1) is 11.3 Å². The number of aldehydes is 1. The van der Waals surface area contributed by atoms with Gasteiger partial charge in [-0.2, -0.15) is 0 Å². The van der Waals surface area contributed by atoms with Gasteiger partial charge in [-0.25, -0.2) is 14.4 Å². The van der Waals surface area contributed by atoms with Gasteiger partial charge in [-0.1, -0.05) is 6.07 Å². The summed E-state index contributed by atoms with van der Waals surface area (Å²) in [5.74, 6) is -0.578. The summed E-state index contributed by atoms with van der Waals surface area (Å²) in [5.41, 5.74) is 7.74. The second-order valence-electron chi connectivity index (χ2n) is 5.91. The largest absolute Gasteiger partial charge is 0.507 e. The number of hydrogen-bond donors (Lipinski definition) is 2. The molecule has 0 aliphatic rings. The number of nitrogens with two attached hydrogens (primary N) is 1. The first-order valence-corrected chi connectivity index (χ1v) is 7.79. The van der Waals surface area contributed by atoms with E-state index in [9.17, 15) is 14.3 Å². The molecular weight excluding hydrogens is 335 g/mol. The molecule has 0 aliphatic heterocycles. The number of carbonyl (C=O) groups is 1. The van der Waals surface area contributed by atoms with Crippen LogP contribution in [0.1, 0.15) is 10.4 Å². The molecule has 1 aromatic heterocycles. The zero-order chi connectivity index (χ0) is 18.8. The molecule has 0 spiro atoms. The Balaban J connectivity index is 2.26. The first-order chi connectivity index (χ1) is 12.4. The zero-order valence-corrected chi connectivity index (χ0v) is 14.3. The molecule has 1 heterocycles. The molecule has 0 bridgehead atoms. The number of benzene rings is 2. The van der Waals surface area contributed by atoms with Crippen LogP contribution < -0.4 is 10.6 Å². The number of nitrogen functional groups attached to an aromatic ring is 1. The number of phenolic OH excluding ortho intramolecular Hbond substituents is 1. The standard InChI is InChI=1S/C19H17FN4O2/c1-24(2)15-5-3-12(10-25)18(20)17(15)11-4-6-16(26)13(9-11)14-7-8-22-19(21)23-14/h3-10,26H,1-2H3,(H2,21,22,23). The maximum atomic E-state index is 14.9. The number of halogens is 1. The third-order valence-electron chi connectivity index (χ3n) is 3.99. The number of phenols is 1. The number of rotatable bonds is 4. The van der Waals surface area contributed by atoms with Crippen molar-refractivity contribution in [2.24, 2.45) is 0 Å². The summed E-state index contributed by atoms with van der Waals surface area (Å²) in [6, 6.07) is 9.36. The average molecular weight is 352 g/mol. The highest BCUT2D eigenvalue weighted by molar-refractivity contribution is 5.88. The van der Waals surface area contributed by atoms with Crippen molar-refractivity contribution in [3.63, 3.8) is 0 Å². The monoisotopic (exact) mass is 352 g/mol. The third-order valence-corrected chi connectivity index (χ3v) is 3.99. The molecule has 0 aliphatic carbocycles. The highest BCUT2D eigenvalue weighted by Crippen LogP contribution is 2.38. The lowest BCUT2D eigenvalue weighted by molar-refractivity contribution is 0.112. The summed E-state index contributed by atoms with van der Waals surface area (Å²) in [6.45, 7) is 0. The van der Waals surface area contributed by atoms with Gasteiger partial charge in [0.25, 0.3) is 0 Å². The fourth-order valence-electron chi connectivity index (χ4n) is 2.74. The molecule has 6 nitrogen and oxygen atoms in total. The molecule has 132 valence electrons. The first kappa shape index (κ1) is 17.3. The molecular formula is C19H17FN4O2. The van der Waals surface area contributed by atoms with Crippen molar-refractivity contribution in [2.45, 2.75) is 0 Å². The Bertz CT molecular complexity index is 989. The molecule has 2 aromatic carbocycles. The van der Waals surface area contributed by atoms with Gasteiger partial charge in [0.15, 0.2) is 6.29 Å². The molecule has 7 heteroatoms. The number of aromatic hydroxyl groups is 1. The Morgan fingerprint density at radius 1 is 1.19 bits per heavy atom. The van der Waals surface area contributed by atoms with Crippen LogP contribution in [0.4, 0.5) is 16.0 Å². The van der Waals surface area contributed by atoms with E-state index in [4.69, 9.17) is 5.73 Å². The van der Waals surface area contributed by atoms with Gasteiger partial charge >= 0.3 is 0 Å². The van der Waals surface area contributed by atoms with E-state index in [1.54, 1.807) is 43.3 Å². The van der Waals surface area contributed by atoms with E-state index in [0.29, 0.717) is 28.8 Å². The average Bonchev–Trinajstić information content (AvgIpc) is 2.62. The molecule has 0 atom stereocenters. The lowest BCUT2D eigenvalue weighted by atomic mass is 9.96. The van der Waals surface area contributed by atoms with Crippen molar-refractivity contribution in [3.8, 4) is 28.1 Å². The maximum Gasteiger partial charge on any atom is 0.220 e. The van der Waals surface area contributed by atoms with Crippen LogP contribution in [0.3, 0.4) is 0 Å². The van der Waals surface area contributed by atoms with Crippen LogP contribution in [0.15, 0.2) is 42.6 Å². The van der Waals surface area contributed by atoms with E-state index < -0.39 is 5.82 Å². The summed E-state index contributed by atoms with van der Waals surface area (Å²) in [6.07, 6.45) is 1.95. The second-order valence-corrected chi connectivity index (χ2v) is 5.91. The normalized spacial score (nSPS) is 10.6. The van der Waals surface area contributed by atoms with Crippen LogP contribution in [0.5, 0.6) is 5.75 Å². The Hall–Kier alpha value is -3.48. The summed E-state index contributed by atoms with van der Waals surface area (Å²) < 4.78 is 14.9. The van der Waals surface area contributed by atoms with E-state index in [0.717, 1.165) is 0 Å². The van der Waals surface area contributed by atoms with Crippen LogP contribution in [0, 0.1) is 5.82 Å². The fourth-order valence-corrected chi connectivity index (χ4v) is 2.74. The van der Waals surface area contributed by atoms with Crippen LogP contribution >= 0.6 is 0 Å². The molecule has 0 radical (unpaired) electrons. The highest BCUT2D eigenvalue weighted by atomic mass is 19.1. The molecule has 0 unspecified atom stereocenters.